The van der Waals surface area contributed by atoms with Crippen LogP contribution >= 0.6 is 0 Å². The molecule has 2 saturated heterocycles. The first-order valence-corrected chi connectivity index (χ1v) is 10.3. The molecule has 0 N–H and O–H groups in total. The summed E-state index contributed by atoms with van der Waals surface area (Å²) in [5.41, 5.74) is 0.987. The summed E-state index contributed by atoms with van der Waals surface area (Å²) in [6.45, 7) is 7.01. The molecule has 0 aromatic heterocycles. The predicted molar refractivity (Wildman–Crippen MR) is 94.4 cm³/mol. The van der Waals surface area contributed by atoms with E-state index in [-0.39, 0.29) is 29.6 Å². The number of benzene rings is 1. The molecule has 1 unspecified atom stereocenters. The van der Waals surface area contributed by atoms with Gasteiger partial charge in [0.25, 0.3) is 0 Å². The lowest BCUT2D eigenvalue weighted by Gasteiger charge is -2.42. The lowest BCUT2D eigenvalue weighted by Crippen LogP contribution is -2.59. The van der Waals surface area contributed by atoms with Gasteiger partial charge in [-0.25, -0.2) is 8.42 Å². The third kappa shape index (κ3) is 3.45. The number of rotatable bonds is 3. The van der Waals surface area contributed by atoms with Crippen LogP contribution in [0.4, 0.5) is 0 Å². The Kier molecular flexibility index (Phi) is 5.18. The lowest BCUT2D eigenvalue weighted by atomic mass is 9.94. The Morgan fingerprint density at radius 1 is 1.12 bits per heavy atom. The minimum absolute atomic E-state index is 0.0913. The molecule has 2 fully saturated rings. The van der Waals surface area contributed by atoms with Gasteiger partial charge in [0.15, 0.2) is 0 Å². The fraction of sp³-hybridized carbons (Fsp3) is 0.611. The van der Waals surface area contributed by atoms with E-state index >= 15 is 0 Å². The van der Waals surface area contributed by atoms with E-state index in [9.17, 15) is 13.2 Å². The van der Waals surface area contributed by atoms with Crippen LogP contribution in [-0.2, 0) is 19.6 Å². The van der Waals surface area contributed by atoms with E-state index in [1.165, 1.54) is 4.31 Å². The number of carbonyl (C=O) groups is 1. The summed E-state index contributed by atoms with van der Waals surface area (Å²) in [6, 6.07) is 5.99. The fourth-order valence-corrected chi connectivity index (χ4v) is 5.01. The minimum Gasteiger partial charge on any atom is -0.362 e. The number of likely N-dealkylation sites (tertiary alicyclic amines) is 1. The summed E-state index contributed by atoms with van der Waals surface area (Å²) >= 11 is 0. The van der Waals surface area contributed by atoms with Crippen LogP contribution in [0.2, 0.25) is 0 Å². The van der Waals surface area contributed by atoms with E-state index in [1.54, 1.807) is 29.2 Å². The maximum Gasteiger partial charge on any atom is 0.245 e. The Morgan fingerprint density at radius 2 is 1.72 bits per heavy atom. The number of ether oxygens (including phenoxy) is 1. The van der Waals surface area contributed by atoms with Gasteiger partial charge >= 0.3 is 0 Å². The molecule has 2 aliphatic heterocycles. The van der Waals surface area contributed by atoms with Gasteiger partial charge in [-0.3, -0.25) is 4.79 Å². The molecule has 0 spiro atoms. The van der Waals surface area contributed by atoms with Crippen LogP contribution in [0.1, 0.15) is 32.3 Å². The zero-order chi connectivity index (χ0) is 18.2. The molecule has 0 radical (unpaired) electrons. The molecule has 25 heavy (non-hydrogen) atoms. The van der Waals surface area contributed by atoms with Crippen LogP contribution in [-0.4, -0.2) is 55.5 Å². The van der Waals surface area contributed by atoms with Crippen LogP contribution in [0.15, 0.2) is 29.2 Å². The summed E-state index contributed by atoms with van der Waals surface area (Å²) in [5.74, 6) is -0.307. The van der Waals surface area contributed by atoms with E-state index in [4.69, 9.17) is 4.74 Å². The molecule has 3 rings (SSSR count). The van der Waals surface area contributed by atoms with Gasteiger partial charge in [-0.1, -0.05) is 24.6 Å². The maximum atomic E-state index is 13.2. The molecule has 6 nitrogen and oxygen atoms in total. The second kappa shape index (κ2) is 7.05. The van der Waals surface area contributed by atoms with Gasteiger partial charge in [0, 0.05) is 19.0 Å². The largest absolute Gasteiger partial charge is 0.362 e. The van der Waals surface area contributed by atoms with Crippen molar-refractivity contribution >= 4 is 15.9 Å². The highest BCUT2D eigenvalue weighted by atomic mass is 32.2. The second-order valence-electron chi connectivity index (χ2n) is 7.04. The Bertz CT molecular complexity index is 726. The van der Waals surface area contributed by atoms with Gasteiger partial charge in [0.05, 0.1) is 11.0 Å². The van der Waals surface area contributed by atoms with Crippen molar-refractivity contribution in [2.45, 2.75) is 50.7 Å². The van der Waals surface area contributed by atoms with Crippen molar-refractivity contribution < 1.29 is 17.9 Å². The topological polar surface area (TPSA) is 66.9 Å². The molecular weight excluding hydrogens is 340 g/mol. The Balaban J connectivity index is 1.96. The van der Waals surface area contributed by atoms with E-state index in [2.05, 4.69) is 0 Å². The molecule has 0 saturated carbocycles. The van der Waals surface area contributed by atoms with Gasteiger partial charge in [0.1, 0.15) is 12.8 Å². The summed E-state index contributed by atoms with van der Waals surface area (Å²) < 4.78 is 33.2. The van der Waals surface area contributed by atoms with Crippen molar-refractivity contribution in [3.05, 3.63) is 29.8 Å². The first-order valence-electron chi connectivity index (χ1n) is 8.81. The molecule has 1 amide bonds. The minimum atomic E-state index is -3.80. The van der Waals surface area contributed by atoms with Crippen molar-refractivity contribution in [3.8, 4) is 0 Å². The standard InChI is InChI=1S/C18H26N2O4S/c1-13-6-8-16(9-7-13)25(22,23)20-12-24-15(3)14(2)17(20)18(21)19-10-4-5-11-19/h6-9,14-15,17H,4-5,10-12H2,1-3H3/t14-,15-,17?/m0/s1. The van der Waals surface area contributed by atoms with Crippen molar-refractivity contribution in [2.24, 2.45) is 5.92 Å². The normalized spacial score (nSPS) is 28.3. The molecule has 0 bridgehead atoms. The Labute approximate surface area is 149 Å². The van der Waals surface area contributed by atoms with Gasteiger partial charge in [-0.05, 0) is 38.8 Å². The molecule has 2 aliphatic rings. The lowest BCUT2D eigenvalue weighted by molar-refractivity contribution is -0.149. The first-order chi connectivity index (χ1) is 11.8. The molecular formula is C18H26N2O4S. The number of hydrogen-bond donors (Lipinski definition) is 0. The zero-order valence-corrected chi connectivity index (χ0v) is 15.8. The average Bonchev–Trinajstić information content (AvgIpc) is 3.11. The monoisotopic (exact) mass is 366 g/mol. The zero-order valence-electron chi connectivity index (χ0n) is 15.0. The number of sulfonamides is 1. The average molecular weight is 366 g/mol. The second-order valence-corrected chi connectivity index (χ2v) is 8.93. The predicted octanol–water partition coefficient (Wildman–Crippen LogP) is 1.99. The molecule has 7 heteroatoms. The number of aryl methyl sites for hydroxylation is 1. The SMILES string of the molecule is Cc1ccc(S(=O)(=O)N2CO[C@@H](C)[C@H](C)C2C(=O)N2CCCC2)cc1. The van der Waals surface area contributed by atoms with E-state index in [1.807, 2.05) is 20.8 Å². The summed E-state index contributed by atoms with van der Waals surface area (Å²) in [7, 11) is -3.80. The molecule has 138 valence electrons. The number of amides is 1. The van der Waals surface area contributed by atoms with Crippen LogP contribution in [0.3, 0.4) is 0 Å². The van der Waals surface area contributed by atoms with Crippen molar-refractivity contribution in [1.82, 2.24) is 9.21 Å². The van der Waals surface area contributed by atoms with Crippen molar-refractivity contribution in [3.63, 3.8) is 0 Å². The van der Waals surface area contributed by atoms with E-state index < -0.39 is 16.1 Å². The highest BCUT2D eigenvalue weighted by Gasteiger charge is 2.46. The van der Waals surface area contributed by atoms with E-state index in [0.29, 0.717) is 13.1 Å². The highest BCUT2D eigenvalue weighted by molar-refractivity contribution is 7.89. The van der Waals surface area contributed by atoms with Crippen molar-refractivity contribution in [1.29, 1.82) is 0 Å². The van der Waals surface area contributed by atoms with Gasteiger partial charge in [-0.15, -0.1) is 0 Å². The van der Waals surface area contributed by atoms with Gasteiger partial charge < -0.3 is 9.64 Å². The highest BCUT2D eigenvalue weighted by Crippen LogP contribution is 2.31. The molecule has 1 aromatic rings. The Morgan fingerprint density at radius 3 is 2.32 bits per heavy atom. The summed E-state index contributed by atoms with van der Waals surface area (Å²) in [5, 5.41) is 0. The van der Waals surface area contributed by atoms with E-state index in [0.717, 1.165) is 18.4 Å². The molecule has 2 heterocycles. The molecule has 3 atom stereocenters. The maximum absolute atomic E-state index is 13.2. The number of hydrogen-bond acceptors (Lipinski definition) is 4. The fourth-order valence-electron chi connectivity index (χ4n) is 3.48. The van der Waals surface area contributed by atoms with Crippen molar-refractivity contribution in [2.75, 3.05) is 19.8 Å². The van der Waals surface area contributed by atoms with Crippen LogP contribution in [0, 0.1) is 12.8 Å². The molecule has 0 aliphatic carbocycles. The first kappa shape index (κ1) is 18.4. The smallest absolute Gasteiger partial charge is 0.245 e. The Hall–Kier alpha value is -1.44. The third-order valence-corrected chi connectivity index (χ3v) is 7.13. The number of nitrogens with zero attached hydrogens (tertiary/aromatic N) is 2. The van der Waals surface area contributed by atoms with Gasteiger partial charge in [-0.2, -0.15) is 4.31 Å². The summed E-state index contributed by atoms with van der Waals surface area (Å²) in [6.07, 6.45) is 1.79. The quantitative estimate of drug-likeness (QED) is 0.820. The van der Waals surface area contributed by atoms with Crippen LogP contribution < -0.4 is 0 Å². The summed E-state index contributed by atoms with van der Waals surface area (Å²) in [4.78, 5) is 15.0. The third-order valence-electron chi connectivity index (χ3n) is 5.31. The van der Waals surface area contributed by atoms with Crippen LogP contribution in [0.5, 0.6) is 0 Å². The van der Waals surface area contributed by atoms with Crippen LogP contribution in [0.25, 0.3) is 0 Å². The number of carbonyl (C=O) groups excluding carboxylic acids is 1. The van der Waals surface area contributed by atoms with Gasteiger partial charge in [0.2, 0.25) is 15.9 Å². The molecule has 1 aromatic carbocycles.